The van der Waals surface area contributed by atoms with Crippen LogP contribution in [0.4, 0.5) is 4.39 Å². The van der Waals surface area contributed by atoms with Crippen LogP contribution in [-0.4, -0.2) is 106 Å². The monoisotopic (exact) mass is 668 g/mol. The van der Waals surface area contributed by atoms with Gasteiger partial charge < -0.3 is 44.9 Å². The highest BCUT2D eigenvalue weighted by atomic mass is 19.1. The number of carbonyl (C=O) groups is 2. The fourth-order valence-electron chi connectivity index (χ4n) is 7.11. The van der Waals surface area contributed by atoms with E-state index in [0.29, 0.717) is 30.6 Å². The second kappa shape index (κ2) is 15.0. The molecule has 2 amide bonds. The number of fused-ring (bicyclic) bond motifs is 1. The lowest BCUT2D eigenvalue weighted by Gasteiger charge is -2.41. The number of nitrogens with one attached hydrogen (secondary N) is 2. The maximum atomic E-state index is 14.2. The topological polar surface area (TPSA) is 146 Å². The van der Waals surface area contributed by atoms with E-state index in [2.05, 4.69) is 10.6 Å². The number of aromatic nitrogens is 1. The molecule has 2 fully saturated rings. The molecule has 3 heterocycles. The average Bonchev–Trinajstić information content (AvgIpc) is 3.67. The van der Waals surface area contributed by atoms with Crippen molar-refractivity contribution in [1.82, 2.24) is 20.1 Å². The number of benzene rings is 2. The second-order valence-electron chi connectivity index (χ2n) is 13.3. The van der Waals surface area contributed by atoms with E-state index in [1.54, 1.807) is 40.1 Å². The molecule has 0 saturated carbocycles. The summed E-state index contributed by atoms with van der Waals surface area (Å²) >= 11 is 0. The minimum Gasteiger partial charge on any atom is -0.388 e. The largest absolute Gasteiger partial charge is 0.388 e. The molecule has 0 aliphatic carbocycles. The quantitative estimate of drug-likeness (QED) is 0.210. The Morgan fingerprint density at radius 3 is 2.46 bits per heavy atom. The third kappa shape index (κ3) is 7.01. The van der Waals surface area contributed by atoms with Crippen molar-refractivity contribution in [3.63, 3.8) is 0 Å². The molecular formula is C36H49FN4O7. The number of nitrogens with zero attached hydrogens (tertiary/aromatic N) is 2. The lowest BCUT2D eigenvalue weighted by Crippen LogP contribution is -2.54. The zero-order valence-corrected chi connectivity index (χ0v) is 28.5. The molecule has 12 heteroatoms. The molecule has 0 radical (unpaired) electrons. The second-order valence-corrected chi connectivity index (χ2v) is 13.3. The van der Waals surface area contributed by atoms with E-state index in [1.807, 2.05) is 41.5 Å². The number of hydrogen-bond donors (Lipinski definition) is 5. The van der Waals surface area contributed by atoms with Crippen molar-refractivity contribution in [2.75, 3.05) is 20.7 Å². The normalized spacial score (nSPS) is 26.4. The van der Waals surface area contributed by atoms with Crippen LogP contribution in [0, 0.1) is 12.7 Å². The van der Waals surface area contributed by atoms with Crippen LogP contribution in [0.1, 0.15) is 57.4 Å². The minimum atomic E-state index is -1.46. The molecule has 1 unspecified atom stereocenters. The van der Waals surface area contributed by atoms with Gasteiger partial charge in [0.15, 0.2) is 6.23 Å². The Morgan fingerprint density at radius 2 is 1.79 bits per heavy atom. The molecule has 262 valence electrons. The van der Waals surface area contributed by atoms with Crippen molar-refractivity contribution in [3.8, 4) is 11.3 Å². The number of likely N-dealkylation sites (tertiary alicyclic amines) is 1. The van der Waals surface area contributed by atoms with Gasteiger partial charge in [-0.15, -0.1) is 0 Å². The van der Waals surface area contributed by atoms with Crippen LogP contribution < -0.4 is 10.6 Å². The summed E-state index contributed by atoms with van der Waals surface area (Å²) in [5.41, 5.74) is 3.92. The number of amides is 2. The van der Waals surface area contributed by atoms with E-state index in [4.69, 9.17) is 9.47 Å². The number of likely N-dealkylation sites (N-methyl/N-ethyl adjacent to an activating group) is 1. The molecule has 48 heavy (non-hydrogen) atoms. The van der Waals surface area contributed by atoms with Gasteiger partial charge >= 0.3 is 0 Å². The molecule has 11 nitrogen and oxygen atoms in total. The Labute approximate surface area is 281 Å². The predicted molar refractivity (Wildman–Crippen MR) is 180 cm³/mol. The molecule has 5 N–H and O–H groups in total. The molecule has 5 rings (SSSR count). The van der Waals surface area contributed by atoms with Crippen LogP contribution >= 0.6 is 0 Å². The van der Waals surface area contributed by atoms with Gasteiger partial charge in [-0.3, -0.25) is 9.59 Å². The summed E-state index contributed by atoms with van der Waals surface area (Å²) in [5, 5.41) is 39.4. The average molecular weight is 669 g/mol. The predicted octanol–water partition coefficient (Wildman–Crippen LogP) is 2.81. The highest BCUT2D eigenvalue weighted by Crippen LogP contribution is 2.43. The van der Waals surface area contributed by atoms with Crippen LogP contribution in [-0.2, 0) is 25.5 Å². The Kier molecular flexibility index (Phi) is 11.2. The molecule has 1 aromatic heterocycles. The van der Waals surface area contributed by atoms with Gasteiger partial charge in [-0.05, 0) is 101 Å². The van der Waals surface area contributed by atoms with Gasteiger partial charge in [0, 0.05) is 31.5 Å². The zero-order valence-electron chi connectivity index (χ0n) is 28.5. The van der Waals surface area contributed by atoms with Crippen molar-refractivity contribution < 1.29 is 38.8 Å². The number of aryl methyl sites for hydroxylation is 1. The Bertz CT molecular complexity index is 1600. The molecule has 0 spiro atoms. The number of aliphatic hydroxyl groups is 3. The fourth-order valence-corrected chi connectivity index (χ4v) is 7.11. The molecule has 9 atom stereocenters. The number of aliphatic hydroxyl groups excluding tert-OH is 3. The third-order valence-corrected chi connectivity index (χ3v) is 10.0. The van der Waals surface area contributed by atoms with E-state index in [0.717, 1.165) is 34.9 Å². The number of methoxy groups -OCH3 is 1. The van der Waals surface area contributed by atoms with Gasteiger partial charge in [0.2, 0.25) is 11.8 Å². The molecule has 3 aromatic rings. The molecule has 2 aliphatic rings. The fraction of sp³-hybridized carbons (Fsp3) is 0.556. The number of carbonyl (C=O) groups excluding carboxylic acids is 2. The van der Waals surface area contributed by atoms with Gasteiger partial charge in [0.1, 0.15) is 30.2 Å². The highest BCUT2D eigenvalue weighted by Gasteiger charge is 2.45. The summed E-state index contributed by atoms with van der Waals surface area (Å²) in [7, 11) is 3.26. The van der Waals surface area contributed by atoms with E-state index in [-0.39, 0.29) is 24.0 Å². The first-order chi connectivity index (χ1) is 22.9. The van der Waals surface area contributed by atoms with Gasteiger partial charge in [0.25, 0.3) is 0 Å². The summed E-state index contributed by atoms with van der Waals surface area (Å²) in [6.07, 6.45) is -4.07. The van der Waals surface area contributed by atoms with Crippen molar-refractivity contribution in [1.29, 1.82) is 0 Å². The number of rotatable bonds is 11. The Morgan fingerprint density at radius 1 is 1.08 bits per heavy atom. The van der Waals surface area contributed by atoms with E-state index < -0.39 is 48.5 Å². The van der Waals surface area contributed by atoms with E-state index in [1.165, 1.54) is 12.1 Å². The Hall–Kier alpha value is -3.39. The van der Waals surface area contributed by atoms with Gasteiger partial charge in [-0.1, -0.05) is 12.1 Å². The van der Waals surface area contributed by atoms with Crippen molar-refractivity contribution in [3.05, 3.63) is 59.4 Å². The molecule has 0 bridgehead atoms. The van der Waals surface area contributed by atoms with Gasteiger partial charge in [-0.25, -0.2) is 4.39 Å². The van der Waals surface area contributed by atoms with Crippen molar-refractivity contribution in [2.45, 2.75) is 108 Å². The number of halogens is 1. The van der Waals surface area contributed by atoms with Gasteiger partial charge in [0.05, 0.1) is 29.5 Å². The maximum absolute atomic E-state index is 14.2. The summed E-state index contributed by atoms with van der Waals surface area (Å²) in [4.78, 5) is 29.0. The molecule has 2 aromatic carbocycles. The van der Waals surface area contributed by atoms with Crippen molar-refractivity contribution >= 4 is 22.7 Å². The summed E-state index contributed by atoms with van der Waals surface area (Å²) < 4.78 is 27.7. The standard InChI is InChI=1S/C36H49FN4O7/c1-19-9-7-11-28-29(19)26(18-25-10-8-16-40(25)35(46)27(17-20(2)47-6)39-34(45)21(3)38-5)30(23-12-14-24(37)15-13-23)41(28)36-33(44)32(43)31(42)22(4)48-36/h7,9,11-15,20-22,25,27,31-33,36,38,42-44H,8,10,16-18H2,1-6H3,(H,39,45)/t20-,21-,22-,25-,27-,31+,32+,33-,36?/m0/s1. The minimum absolute atomic E-state index is 0.182. The zero-order chi connectivity index (χ0) is 34.9. The van der Waals surface area contributed by atoms with Crippen LogP contribution in [0.5, 0.6) is 0 Å². The van der Waals surface area contributed by atoms with E-state index in [9.17, 15) is 29.3 Å². The third-order valence-electron chi connectivity index (χ3n) is 10.0. The number of hydrogen-bond acceptors (Lipinski definition) is 8. The van der Waals surface area contributed by atoms with E-state index >= 15 is 0 Å². The molecule has 2 saturated heterocycles. The number of ether oxygens (including phenoxy) is 2. The maximum Gasteiger partial charge on any atom is 0.245 e. The molecular weight excluding hydrogens is 619 g/mol. The lowest BCUT2D eigenvalue weighted by atomic mass is 9.95. The van der Waals surface area contributed by atoms with Crippen molar-refractivity contribution in [2.24, 2.45) is 0 Å². The van der Waals surface area contributed by atoms with Crippen LogP contribution in [0.3, 0.4) is 0 Å². The van der Waals surface area contributed by atoms with Crippen LogP contribution in [0.2, 0.25) is 0 Å². The van der Waals surface area contributed by atoms with Crippen LogP contribution in [0.15, 0.2) is 42.5 Å². The molecule has 2 aliphatic heterocycles. The highest BCUT2D eigenvalue weighted by molar-refractivity contribution is 5.95. The summed E-state index contributed by atoms with van der Waals surface area (Å²) in [6, 6.07) is 10.4. The van der Waals surface area contributed by atoms with Gasteiger partial charge in [-0.2, -0.15) is 0 Å². The summed E-state index contributed by atoms with van der Waals surface area (Å²) in [5.74, 6) is -0.864. The lowest BCUT2D eigenvalue weighted by molar-refractivity contribution is -0.238. The Balaban J connectivity index is 1.61. The smallest absolute Gasteiger partial charge is 0.245 e. The first-order valence-corrected chi connectivity index (χ1v) is 16.8. The first kappa shape index (κ1) is 35.9. The SMILES string of the molecule is CN[C@@H](C)C(=O)N[C@@H](C[C@H](C)OC)C(=O)N1CCC[C@H]1Cc1c(-c2ccc(F)cc2)n(C2O[C@@H](C)[C@@H](O)[C@@H](O)[C@@H]2O)c2cccc(C)c12. The van der Waals surface area contributed by atoms with Crippen LogP contribution in [0.25, 0.3) is 22.2 Å². The first-order valence-electron chi connectivity index (χ1n) is 16.8. The summed E-state index contributed by atoms with van der Waals surface area (Å²) in [6.45, 7) is 7.75.